The van der Waals surface area contributed by atoms with Gasteiger partial charge in [-0.1, -0.05) is 0 Å². The maximum absolute atomic E-state index is 11.0. The average molecular weight is 214 g/mol. The molecule has 0 rings (SSSR count). The van der Waals surface area contributed by atoms with Crippen LogP contribution < -0.4 is 5.73 Å². The smallest absolute Gasteiger partial charge is 0.324 e. The molecule has 2 N–H and O–H groups in total. The standard InChI is InChI=1S/C7H15NO2S.ClH/c1-4-10-6(9)5(8)7(2,3)11;/h5,11H,4,8H2,1-3H3;1H. The molecule has 1 atom stereocenters. The normalized spacial score (nSPS) is 13.1. The van der Waals surface area contributed by atoms with E-state index in [0.29, 0.717) is 6.61 Å². The fraction of sp³-hybridized carbons (Fsp3) is 0.857. The Hall–Kier alpha value is 0.0700. The second-order valence-electron chi connectivity index (χ2n) is 2.88. The van der Waals surface area contributed by atoms with Gasteiger partial charge in [-0.25, -0.2) is 0 Å². The molecule has 0 saturated heterocycles. The largest absolute Gasteiger partial charge is 0.465 e. The van der Waals surface area contributed by atoms with Crippen molar-refractivity contribution in [3.05, 3.63) is 0 Å². The Morgan fingerprint density at radius 3 is 2.33 bits per heavy atom. The summed E-state index contributed by atoms with van der Waals surface area (Å²) in [5.74, 6) is -0.396. The number of hydrogen-bond donors (Lipinski definition) is 2. The van der Waals surface area contributed by atoms with Gasteiger partial charge in [0.25, 0.3) is 0 Å². The number of thiol groups is 1. The molecule has 0 aliphatic heterocycles. The van der Waals surface area contributed by atoms with Gasteiger partial charge in [-0.2, -0.15) is 12.6 Å². The van der Waals surface area contributed by atoms with E-state index in [0.717, 1.165) is 0 Å². The Morgan fingerprint density at radius 2 is 2.08 bits per heavy atom. The molecule has 0 fully saturated rings. The molecule has 3 nitrogen and oxygen atoms in total. The van der Waals surface area contributed by atoms with Crippen LogP contribution in [0.15, 0.2) is 0 Å². The van der Waals surface area contributed by atoms with Crippen molar-refractivity contribution < 1.29 is 9.53 Å². The van der Waals surface area contributed by atoms with Crippen molar-refractivity contribution in [2.45, 2.75) is 31.6 Å². The van der Waals surface area contributed by atoms with Crippen molar-refractivity contribution in [1.29, 1.82) is 0 Å². The first-order valence-corrected chi connectivity index (χ1v) is 3.99. The third-order valence-corrected chi connectivity index (χ3v) is 1.58. The Kier molecular flexibility index (Phi) is 6.89. The summed E-state index contributed by atoms with van der Waals surface area (Å²) in [5, 5.41) is 0. The molecule has 0 aliphatic rings. The van der Waals surface area contributed by atoms with Crippen molar-refractivity contribution in [3.63, 3.8) is 0 Å². The van der Waals surface area contributed by atoms with Crippen LogP contribution >= 0.6 is 25.0 Å². The highest BCUT2D eigenvalue weighted by molar-refractivity contribution is 7.81. The van der Waals surface area contributed by atoms with E-state index in [1.807, 2.05) is 0 Å². The zero-order valence-electron chi connectivity index (χ0n) is 7.53. The SMILES string of the molecule is CCOC(=O)C(N)C(C)(C)S.Cl. The number of ether oxygens (including phenoxy) is 1. The van der Waals surface area contributed by atoms with Crippen LogP contribution in [-0.2, 0) is 9.53 Å². The molecule has 5 heteroatoms. The van der Waals surface area contributed by atoms with E-state index in [1.165, 1.54) is 0 Å². The molecular formula is C7H16ClNO2S. The van der Waals surface area contributed by atoms with E-state index < -0.39 is 16.8 Å². The number of halogens is 1. The van der Waals surface area contributed by atoms with Gasteiger partial charge in [0.2, 0.25) is 0 Å². The summed E-state index contributed by atoms with van der Waals surface area (Å²) in [6.07, 6.45) is 0. The lowest BCUT2D eigenvalue weighted by Gasteiger charge is -2.23. The summed E-state index contributed by atoms with van der Waals surface area (Å²) >= 11 is 4.16. The fourth-order valence-corrected chi connectivity index (χ4v) is 0.626. The van der Waals surface area contributed by atoms with Crippen LogP contribution in [0.25, 0.3) is 0 Å². The lowest BCUT2D eigenvalue weighted by Crippen LogP contribution is -2.46. The second-order valence-corrected chi connectivity index (χ2v) is 4.04. The van der Waals surface area contributed by atoms with Gasteiger partial charge in [-0.05, 0) is 20.8 Å². The van der Waals surface area contributed by atoms with E-state index in [1.54, 1.807) is 20.8 Å². The van der Waals surface area contributed by atoms with Gasteiger partial charge in [0.1, 0.15) is 6.04 Å². The number of esters is 1. The fourth-order valence-electron chi connectivity index (χ4n) is 0.520. The molecule has 0 saturated carbocycles. The van der Waals surface area contributed by atoms with E-state index in [9.17, 15) is 4.79 Å². The maximum atomic E-state index is 11.0. The molecular weight excluding hydrogens is 198 g/mol. The first-order chi connectivity index (χ1) is 4.89. The van der Waals surface area contributed by atoms with Crippen LogP contribution in [0.2, 0.25) is 0 Å². The van der Waals surface area contributed by atoms with E-state index in [2.05, 4.69) is 12.6 Å². The van der Waals surface area contributed by atoms with Crippen LogP contribution in [0.1, 0.15) is 20.8 Å². The monoisotopic (exact) mass is 213 g/mol. The Labute approximate surface area is 84.9 Å². The van der Waals surface area contributed by atoms with E-state index >= 15 is 0 Å². The van der Waals surface area contributed by atoms with Gasteiger partial charge in [0.05, 0.1) is 6.61 Å². The first kappa shape index (κ1) is 14.6. The highest BCUT2D eigenvalue weighted by atomic mass is 35.5. The Balaban J connectivity index is 0. The third kappa shape index (κ3) is 4.85. The maximum Gasteiger partial charge on any atom is 0.324 e. The predicted molar refractivity (Wildman–Crippen MR) is 54.9 cm³/mol. The van der Waals surface area contributed by atoms with Crippen molar-refractivity contribution in [1.82, 2.24) is 0 Å². The lowest BCUT2D eigenvalue weighted by molar-refractivity contribution is -0.145. The molecule has 0 heterocycles. The minimum Gasteiger partial charge on any atom is -0.465 e. The number of rotatable bonds is 3. The minimum atomic E-state index is -0.661. The number of hydrogen-bond acceptors (Lipinski definition) is 4. The summed E-state index contributed by atoms with van der Waals surface area (Å²) in [6.45, 7) is 5.65. The number of carbonyl (C=O) groups excluding carboxylic acids is 1. The molecule has 0 aromatic carbocycles. The molecule has 12 heavy (non-hydrogen) atoms. The van der Waals surface area contributed by atoms with Gasteiger partial charge in [0.15, 0.2) is 0 Å². The molecule has 0 aromatic rings. The quantitative estimate of drug-likeness (QED) is 0.544. The lowest BCUT2D eigenvalue weighted by atomic mass is 10.1. The number of nitrogens with two attached hydrogens (primary N) is 1. The molecule has 0 spiro atoms. The molecule has 1 unspecified atom stereocenters. The zero-order chi connectivity index (χ0) is 9.07. The Bertz CT molecular complexity index is 147. The molecule has 74 valence electrons. The summed E-state index contributed by atoms with van der Waals surface area (Å²) in [6, 6.07) is -0.661. The zero-order valence-corrected chi connectivity index (χ0v) is 9.24. The van der Waals surface area contributed by atoms with Crippen LogP contribution in [-0.4, -0.2) is 23.4 Å². The average Bonchev–Trinajstić information content (AvgIpc) is 1.85. The van der Waals surface area contributed by atoms with Gasteiger partial charge >= 0.3 is 5.97 Å². The minimum absolute atomic E-state index is 0. The van der Waals surface area contributed by atoms with E-state index in [4.69, 9.17) is 10.5 Å². The highest BCUT2D eigenvalue weighted by Gasteiger charge is 2.29. The van der Waals surface area contributed by atoms with Crippen molar-refractivity contribution in [2.24, 2.45) is 5.73 Å². The Morgan fingerprint density at radius 1 is 1.67 bits per heavy atom. The van der Waals surface area contributed by atoms with Crippen LogP contribution in [0.5, 0.6) is 0 Å². The van der Waals surface area contributed by atoms with Gasteiger partial charge in [-0.15, -0.1) is 12.4 Å². The van der Waals surface area contributed by atoms with Gasteiger partial charge in [-0.3, -0.25) is 4.79 Å². The van der Waals surface area contributed by atoms with Gasteiger partial charge in [0, 0.05) is 4.75 Å². The molecule has 0 aromatic heterocycles. The van der Waals surface area contributed by atoms with E-state index in [-0.39, 0.29) is 12.4 Å². The van der Waals surface area contributed by atoms with Gasteiger partial charge < -0.3 is 10.5 Å². The highest BCUT2D eigenvalue weighted by Crippen LogP contribution is 2.16. The van der Waals surface area contributed by atoms with Crippen molar-refractivity contribution in [2.75, 3.05) is 6.61 Å². The topological polar surface area (TPSA) is 52.3 Å². The summed E-state index contributed by atoms with van der Waals surface area (Å²) in [4.78, 5) is 11.0. The molecule has 0 bridgehead atoms. The third-order valence-electron chi connectivity index (χ3n) is 1.30. The second kappa shape index (κ2) is 5.67. The summed E-state index contributed by atoms with van der Waals surface area (Å²) in [7, 11) is 0. The summed E-state index contributed by atoms with van der Waals surface area (Å²) < 4.78 is 4.20. The van der Waals surface area contributed by atoms with Crippen LogP contribution in [0.4, 0.5) is 0 Å². The van der Waals surface area contributed by atoms with Crippen LogP contribution in [0.3, 0.4) is 0 Å². The molecule has 0 aliphatic carbocycles. The first-order valence-electron chi connectivity index (χ1n) is 3.54. The summed E-state index contributed by atoms with van der Waals surface area (Å²) in [5.41, 5.74) is 5.53. The van der Waals surface area contributed by atoms with Crippen molar-refractivity contribution in [3.8, 4) is 0 Å². The number of carbonyl (C=O) groups is 1. The van der Waals surface area contributed by atoms with Crippen molar-refractivity contribution >= 4 is 31.0 Å². The molecule has 0 amide bonds. The van der Waals surface area contributed by atoms with Crippen LogP contribution in [0, 0.1) is 0 Å². The molecule has 0 radical (unpaired) electrons. The predicted octanol–water partition coefficient (Wildman–Crippen LogP) is 1.01.